The maximum atomic E-state index is 14.7. The van der Waals surface area contributed by atoms with Crippen molar-refractivity contribution in [1.82, 2.24) is 9.55 Å². The van der Waals surface area contributed by atoms with Crippen molar-refractivity contribution in [3.05, 3.63) is 22.5 Å². The van der Waals surface area contributed by atoms with E-state index in [2.05, 4.69) is 17.2 Å². The van der Waals surface area contributed by atoms with Crippen LogP contribution in [0.15, 0.2) is 11.0 Å². The fourth-order valence-electron chi connectivity index (χ4n) is 5.39. The lowest BCUT2D eigenvalue weighted by atomic mass is 10.0. The Kier molecular flexibility index (Phi) is 16.6. The van der Waals surface area contributed by atoms with Gasteiger partial charge in [0.15, 0.2) is 11.6 Å². The molecular formula is C31H52FN3O6. The minimum absolute atomic E-state index is 0.214. The molecular weight excluding hydrogens is 529 g/mol. The predicted molar refractivity (Wildman–Crippen MR) is 157 cm³/mol. The number of aromatic nitrogens is 2. The van der Waals surface area contributed by atoms with Crippen LogP contribution >= 0.6 is 0 Å². The number of ether oxygens (including phenoxy) is 3. The first-order valence-corrected chi connectivity index (χ1v) is 15.8. The van der Waals surface area contributed by atoms with Crippen LogP contribution in [0.25, 0.3) is 0 Å². The van der Waals surface area contributed by atoms with E-state index in [1.807, 2.05) is 0 Å². The summed E-state index contributed by atoms with van der Waals surface area (Å²) in [6, 6.07) is 0. The predicted octanol–water partition coefficient (Wildman–Crippen LogP) is 7.68. The van der Waals surface area contributed by atoms with Crippen LogP contribution in [0.4, 0.5) is 15.0 Å². The summed E-state index contributed by atoms with van der Waals surface area (Å²) in [6.07, 6.45) is 18.3. The highest BCUT2D eigenvalue weighted by Gasteiger charge is 2.43. The van der Waals surface area contributed by atoms with E-state index < -0.39 is 53.7 Å². The van der Waals surface area contributed by atoms with Crippen molar-refractivity contribution in [3.63, 3.8) is 0 Å². The number of nitrogens with zero attached hydrogens (tertiary/aromatic N) is 2. The van der Waals surface area contributed by atoms with E-state index in [0.29, 0.717) is 0 Å². The monoisotopic (exact) mass is 581 g/mol. The Hall–Kier alpha value is -2.49. The van der Waals surface area contributed by atoms with E-state index in [0.717, 1.165) is 30.0 Å². The number of amides is 1. The molecule has 1 saturated heterocycles. The van der Waals surface area contributed by atoms with Crippen LogP contribution < -0.4 is 11.0 Å². The topological polar surface area (TPSA) is 109 Å². The summed E-state index contributed by atoms with van der Waals surface area (Å²) in [5.74, 6) is -2.27. The van der Waals surface area contributed by atoms with Crippen LogP contribution in [0.5, 0.6) is 0 Å². The highest BCUT2D eigenvalue weighted by molar-refractivity contribution is 5.83. The molecule has 1 amide bonds. The Morgan fingerprint density at radius 2 is 1.44 bits per heavy atom. The van der Waals surface area contributed by atoms with E-state index >= 15 is 0 Å². The Balaban J connectivity index is 1.56. The maximum absolute atomic E-state index is 14.7. The molecule has 1 aromatic rings. The van der Waals surface area contributed by atoms with Gasteiger partial charge in [0.25, 0.3) is 0 Å². The molecule has 0 spiro atoms. The Labute approximate surface area is 244 Å². The molecule has 1 aromatic heterocycles. The van der Waals surface area contributed by atoms with Gasteiger partial charge in [0, 0.05) is 12.8 Å². The first kappa shape index (κ1) is 34.7. The number of carbonyl (C=O) groups excluding carboxylic acids is 2. The zero-order valence-corrected chi connectivity index (χ0v) is 25.6. The first-order chi connectivity index (χ1) is 19.7. The average Bonchev–Trinajstić information content (AvgIpc) is 3.20. The van der Waals surface area contributed by atoms with Gasteiger partial charge in [-0.25, -0.2) is 14.0 Å². The second-order valence-corrected chi connectivity index (χ2v) is 11.4. The molecule has 0 radical (unpaired) electrons. The van der Waals surface area contributed by atoms with Crippen molar-refractivity contribution in [2.24, 2.45) is 5.92 Å². The second-order valence-electron chi connectivity index (χ2n) is 11.4. The number of hydrogen-bond donors (Lipinski definition) is 1. The van der Waals surface area contributed by atoms with Gasteiger partial charge in [-0.05, 0) is 13.3 Å². The standard InChI is InChI=1S/C31H52FN3O6/c1-5-6-7-8-9-10-11-12-13-14-15-16-17-18-19-20-21-39-31(38)34-28-26(32)22-35(30(37)33-28)29-23(2)27(24(3)40-29)41-25(4)36/h22-24,27,29H,5-21H2,1-4H3,(H,33,34,37,38). The van der Waals surface area contributed by atoms with Crippen LogP contribution in [-0.4, -0.2) is 40.4 Å². The van der Waals surface area contributed by atoms with E-state index in [1.54, 1.807) is 13.8 Å². The molecule has 1 aliphatic rings. The summed E-state index contributed by atoms with van der Waals surface area (Å²) >= 11 is 0. The van der Waals surface area contributed by atoms with Gasteiger partial charge in [-0.2, -0.15) is 4.98 Å². The highest BCUT2D eigenvalue weighted by Crippen LogP contribution is 2.35. The number of esters is 1. The van der Waals surface area contributed by atoms with Gasteiger partial charge < -0.3 is 14.2 Å². The molecule has 2 heterocycles. The fourth-order valence-corrected chi connectivity index (χ4v) is 5.39. The molecule has 4 unspecified atom stereocenters. The third-order valence-corrected chi connectivity index (χ3v) is 7.72. The lowest BCUT2D eigenvalue weighted by Gasteiger charge is -2.20. The van der Waals surface area contributed by atoms with Gasteiger partial charge in [-0.1, -0.05) is 110 Å². The molecule has 0 aliphatic carbocycles. The fraction of sp³-hybridized carbons (Fsp3) is 0.806. The molecule has 4 atom stereocenters. The van der Waals surface area contributed by atoms with Crippen LogP contribution in [-0.2, 0) is 19.0 Å². The smallest absolute Gasteiger partial charge is 0.412 e. The maximum Gasteiger partial charge on any atom is 0.412 e. The van der Waals surface area contributed by atoms with Gasteiger partial charge in [-0.15, -0.1) is 0 Å². The first-order valence-electron chi connectivity index (χ1n) is 15.8. The van der Waals surface area contributed by atoms with Crippen molar-refractivity contribution in [2.45, 2.75) is 149 Å². The quantitative estimate of drug-likeness (QED) is 0.124. The number of rotatable bonds is 20. The lowest BCUT2D eigenvalue weighted by molar-refractivity contribution is -0.150. The minimum atomic E-state index is -0.900. The lowest BCUT2D eigenvalue weighted by Crippen LogP contribution is -2.33. The van der Waals surface area contributed by atoms with Crippen LogP contribution in [0.3, 0.4) is 0 Å². The zero-order chi connectivity index (χ0) is 30.0. The number of unbranched alkanes of at least 4 members (excludes halogenated alkanes) is 15. The van der Waals surface area contributed by atoms with Crippen LogP contribution in [0.2, 0.25) is 0 Å². The Bertz CT molecular complexity index is 972. The van der Waals surface area contributed by atoms with Gasteiger partial charge >= 0.3 is 17.8 Å². The van der Waals surface area contributed by atoms with E-state index in [1.165, 1.54) is 90.4 Å². The van der Waals surface area contributed by atoms with Crippen molar-refractivity contribution in [2.75, 3.05) is 11.9 Å². The largest absolute Gasteiger partial charge is 0.459 e. The van der Waals surface area contributed by atoms with Crippen molar-refractivity contribution >= 4 is 17.9 Å². The molecule has 10 heteroatoms. The van der Waals surface area contributed by atoms with Crippen LogP contribution in [0.1, 0.15) is 137 Å². The third-order valence-electron chi connectivity index (χ3n) is 7.72. The van der Waals surface area contributed by atoms with Gasteiger partial charge in [0.1, 0.15) is 12.3 Å². The molecule has 234 valence electrons. The molecule has 0 aromatic carbocycles. The van der Waals surface area contributed by atoms with Gasteiger partial charge in [0.05, 0.1) is 18.9 Å². The summed E-state index contributed by atoms with van der Waals surface area (Å²) in [5.41, 5.74) is -0.799. The van der Waals surface area contributed by atoms with E-state index in [9.17, 15) is 18.8 Å². The van der Waals surface area contributed by atoms with Crippen molar-refractivity contribution < 1.29 is 28.2 Å². The Morgan fingerprint density at radius 3 is 1.95 bits per heavy atom. The van der Waals surface area contributed by atoms with Crippen LogP contribution in [0, 0.1) is 11.7 Å². The molecule has 0 bridgehead atoms. The van der Waals surface area contributed by atoms with Gasteiger partial charge in [0.2, 0.25) is 0 Å². The van der Waals surface area contributed by atoms with E-state index in [-0.39, 0.29) is 6.61 Å². The summed E-state index contributed by atoms with van der Waals surface area (Å²) in [4.78, 5) is 39.7. The second kappa shape index (κ2) is 19.6. The number of hydrogen-bond acceptors (Lipinski definition) is 7. The molecule has 1 fully saturated rings. The number of carbonyl (C=O) groups is 2. The third kappa shape index (κ3) is 12.9. The van der Waals surface area contributed by atoms with Crippen molar-refractivity contribution in [1.29, 1.82) is 0 Å². The Morgan fingerprint density at radius 1 is 0.927 bits per heavy atom. The highest BCUT2D eigenvalue weighted by atomic mass is 19.1. The van der Waals surface area contributed by atoms with Gasteiger partial charge in [-0.3, -0.25) is 14.7 Å². The summed E-state index contributed by atoms with van der Waals surface area (Å²) in [6.45, 7) is 7.22. The summed E-state index contributed by atoms with van der Waals surface area (Å²) < 4.78 is 31.8. The minimum Gasteiger partial charge on any atom is -0.459 e. The average molecular weight is 582 g/mol. The molecule has 1 N–H and O–H groups in total. The summed E-state index contributed by atoms with van der Waals surface area (Å²) in [5, 5.41) is 2.21. The number of nitrogens with one attached hydrogen (secondary N) is 1. The molecule has 0 saturated carbocycles. The normalized spacial score (nSPS) is 20.2. The molecule has 9 nitrogen and oxygen atoms in total. The SMILES string of the molecule is CCCCCCCCCCCCCCCCCCOC(=O)Nc1nc(=O)n(C2OC(C)C(OC(C)=O)C2C)cc1F. The molecule has 1 aliphatic heterocycles. The molecule has 2 rings (SSSR count). The number of anilines is 1. The van der Waals surface area contributed by atoms with E-state index in [4.69, 9.17) is 14.2 Å². The van der Waals surface area contributed by atoms with Crippen molar-refractivity contribution in [3.8, 4) is 0 Å². The zero-order valence-electron chi connectivity index (χ0n) is 25.6. The number of halogens is 1. The molecule has 41 heavy (non-hydrogen) atoms. The summed E-state index contributed by atoms with van der Waals surface area (Å²) in [7, 11) is 0.